The Morgan fingerprint density at radius 1 is 1.05 bits per heavy atom. The van der Waals surface area contributed by atoms with Gasteiger partial charge in [-0.25, -0.2) is 13.2 Å². The summed E-state index contributed by atoms with van der Waals surface area (Å²) < 4.78 is 31.9. The largest absolute Gasteiger partial charge is 0.465 e. The summed E-state index contributed by atoms with van der Waals surface area (Å²) in [6.45, 7) is 3.77. The second-order valence-electron chi connectivity index (χ2n) is 4.92. The smallest absolute Gasteiger partial charge is 0.337 e. The molecule has 116 valence electrons. The van der Waals surface area contributed by atoms with Gasteiger partial charge in [0.05, 0.1) is 17.6 Å². The van der Waals surface area contributed by atoms with E-state index in [-0.39, 0.29) is 10.5 Å². The molecule has 0 aliphatic heterocycles. The molecule has 0 aliphatic rings. The van der Waals surface area contributed by atoms with Crippen molar-refractivity contribution in [1.82, 2.24) is 0 Å². The number of benzene rings is 2. The fourth-order valence-corrected chi connectivity index (χ4v) is 3.06. The molecule has 5 nitrogen and oxygen atoms in total. The molecule has 2 aromatic carbocycles. The van der Waals surface area contributed by atoms with E-state index in [0.29, 0.717) is 5.69 Å². The van der Waals surface area contributed by atoms with Crippen molar-refractivity contribution in [3.8, 4) is 0 Å². The maximum atomic E-state index is 12.4. The number of esters is 1. The number of methoxy groups -OCH3 is 1. The molecule has 0 heterocycles. The minimum absolute atomic E-state index is 0.180. The van der Waals surface area contributed by atoms with Crippen LogP contribution in [0.25, 0.3) is 0 Å². The van der Waals surface area contributed by atoms with Gasteiger partial charge in [-0.05, 0) is 55.3 Å². The van der Waals surface area contributed by atoms with E-state index in [0.717, 1.165) is 11.1 Å². The van der Waals surface area contributed by atoms with Crippen LogP contribution in [0.2, 0.25) is 0 Å². The molecule has 0 aromatic heterocycles. The highest BCUT2D eigenvalue weighted by molar-refractivity contribution is 7.92. The molecule has 0 fully saturated rings. The zero-order valence-corrected chi connectivity index (χ0v) is 13.4. The second-order valence-corrected chi connectivity index (χ2v) is 6.61. The summed E-state index contributed by atoms with van der Waals surface area (Å²) in [5.41, 5.74) is 2.50. The van der Waals surface area contributed by atoms with Gasteiger partial charge < -0.3 is 4.74 Å². The van der Waals surface area contributed by atoms with Crippen molar-refractivity contribution in [3.05, 3.63) is 59.2 Å². The van der Waals surface area contributed by atoms with Crippen molar-refractivity contribution < 1.29 is 17.9 Å². The fraction of sp³-hybridized carbons (Fsp3) is 0.188. The molecule has 0 radical (unpaired) electrons. The Labute approximate surface area is 130 Å². The third-order valence-corrected chi connectivity index (χ3v) is 4.70. The molecular weight excluding hydrogens is 302 g/mol. The Balaban J connectivity index is 2.32. The van der Waals surface area contributed by atoms with E-state index in [1.165, 1.54) is 13.2 Å². The Hall–Kier alpha value is -2.34. The fourth-order valence-electron chi connectivity index (χ4n) is 1.92. The maximum Gasteiger partial charge on any atom is 0.337 e. The lowest BCUT2D eigenvalue weighted by Crippen LogP contribution is -2.14. The van der Waals surface area contributed by atoms with Crippen LogP contribution in [0.3, 0.4) is 0 Å². The van der Waals surface area contributed by atoms with Crippen molar-refractivity contribution >= 4 is 21.7 Å². The van der Waals surface area contributed by atoms with Crippen LogP contribution in [0.5, 0.6) is 0 Å². The first-order valence-electron chi connectivity index (χ1n) is 6.62. The predicted octanol–water partition coefficient (Wildman–Crippen LogP) is 2.89. The molecule has 0 unspecified atom stereocenters. The number of carbonyl (C=O) groups excluding carboxylic acids is 1. The van der Waals surface area contributed by atoms with E-state index in [2.05, 4.69) is 9.46 Å². The molecule has 2 rings (SSSR count). The van der Waals surface area contributed by atoms with Crippen LogP contribution in [-0.2, 0) is 14.8 Å². The molecule has 22 heavy (non-hydrogen) atoms. The molecule has 1 N–H and O–H groups in total. The standard InChI is InChI=1S/C16H17NO4S/c1-11-7-8-15(9-12(11)2)22(19,20)17-14-6-4-5-13(10-14)16(18)21-3/h4-10,17H,1-3H3. The summed E-state index contributed by atoms with van der Waals surface area (Å²) in [4.78, 5) is 11.7. The quantitative estimate of drug-likeness (QED) is 0.880. The Bertz CT molecular complexity index is 813. The van der Waals surface area contributed by atoms with Crippen molar-refractivity contribution in [3.63, 3.8) is 0 Å². The zero-order chi connectivity index (χ0) is 16.3. The van der Waals surface area contributed by atoms with E-state index in [1.807, 2.05) is 13.8 Å². The van der Waals surface area contributed by atoms with E-state index in [9.17, 15) is 13.2 Å². The van der Waals surface area contributed by atoms with Gasteiger partial charge in [-0.1, -0.05) is 12.1 Å². The summed E-state index contributed by atoms with van der Waals surface area (Å²) in [6.07, 6.45) is 0. The molecule has 2 aromatic rings. The monoisotopic (exact) mass is 319 g/mol. The Kier molecular flexibility index (Phi) is 4.51. The molecule has 0 atom stereocenters. The molecule has 0 saturated heterocycles. The van der Waals surface area contributed by atoms with Crippen molar-refractivity contribution in [1.29, 1.82) is 0 Å². The average molecular weight is 319 g/mol. The summed E-state index contributed by atoms with van der Waals surface area (Å²) in [6, 6.07) is 11.1. The van der Waals surface area contributed by atoms with Gasteiger partial charge in [0, 0.05) is 5.69 Å². The number of hydrogen-bond acceptors (Lipinski definition) is 4. The summed E-state index contributed by atoms with van der Waals surface area (Å²) in [7, 11) is -2.43. The second kappa shape index (κ2) is 6.19. The highest BCUT2D eigenvalue weighted by Crippen LogP contribution is 2.19. The molecular formula is C16H17NO4S. The summed E-state index contributed by atoms with van der Waals surface area (Å²) in [5, 5.41) is 0. The first kappa shape index (κ1) is 16.0. The lowest BCUT2D eigenvalue weighted by atomic mass is 10.1. The normalized spacial score (nSPS) is 11.0. The van der Waals surface area contributed by atoms with Crippen LogP contribution >= 0.6 is 0 Å². The predicted molar refractivity (Wildman–Crippen MR) is 84.5 cm³/mol. The highest BCUT2D eigenvalue weighted by Gasteiger charge is 2.16. The first-order valence-corrected chi connectivity index (χ1v) is 8.10. The number of ether oxygens (including phenoxy) is 1. The van der Waals surface area contributed by atoms with Crippen LogP contribution in [-0.4, -0.2) is 21.5 Å². The van der Waals surface area contributed by atoms with Gasteiger partial charge in [0.25, 0.3) is 10.0 Å². The third kappa shape index (κ3) is 3.46. The number of hydrogen-bond donors (Lipinski definition) is 1. The van der Waals surface area contributed by atoms with E-state index >= 15 is 0 Å². The molecule has 0 amide bonds. The van der Waals surface area contributed by atoms with E-state index < -0.39 is 16.0 Å². The molecule has 0 saturated carbocycles. The van der Waals surface area contributed by atoms with Gasteiger partial charge in [0.2, 0.25) is 0 Å². The number of carbonyl (C=O) groups is 1. The number of rotatable bonds is 4. The molecule has 6 heteroatoms. The SMILES string of the molecule is COC(=O)c1cccc(NS(=O)(=O)c2ccc(C)c(C)c2)c1. The molecule has 0 aliphatic carbocycles. The summed E-state index contributed by atoms with van der Waals surface area (Å²) >= 11 is 0. The van der Waals surface area contributed by atoms with Crippen molar-refractivity contribution in [2.24, 2.45) is 0 Å². The minimum atomic E-state index is -3.70. The van der Waals surface area contributed by atoms with Gasteiger partial charge in [-0.3, -0.25) is 4.72 Å². The van der Waals surface area contributed by atoms with Crippen LogP contribution < -0.4 is 4.72 Å². The van der Waals surface area contributed by atoms with Gasteiger partial charge in [-0.15, -0.1) is 0 Å². The molecule has 0 bridgehead atoms. The number of sulfonamides is 1. The minimum Gasteiger partial charge on any atom is -0.465 e. The number of anilines is 1. The van der Waals surface area contributed by atoms with Gasteiger partial charge in [0.15, 0.2) is 0 Å². The van der Waals surface area contributed by atoms with Crippen LogP contribution in [0.15, 0.2) is 47.4 Å². The van der Waals surface area contributed by atoms with Gasteiger partial charge >= 0.3 is 5.97 Å². The topological polar surface area (TPSA) is 72.5 Å². The lowest BCUT2D eigenvalue weighted by molar-refractivity contribution is 0.0601. The van der Waals surface area contributed by atoms with Gasteiger partial charge in [-0.2, -0.15) is 0 Å². The van der Waals surface area contributed by atoms with Crippen LogP contribution in [0, 0.1) is 13.8 Å². The Morgan fingerprint density at radius 3 is 2.41 bits per heavy atom. The van der Waals surface area contributed by atoms with Crippen molar-refractivity contribution in [2.45, 2.75) is 18.7 Å². The maximum absolute atomic E-state index is 12.4. The number of aryl methyl sites for hydroxylation is 2. The van der Waals surface area contributed by atoms with Crippen LogP contribution in [0.1, 0.15) is 21.5 Å². The lowest BCUT2D eigenvalue weighted by Gasteiger charge is -2.10. The van der Waals surface area contributed by atoms with Crippen molar-refractivity contribution in [2.75, 3.05) is 11.8 Å². The summed E-state index contributed by atoms with van der Waals surface area (Å²) in [5.74, 6) is -0.521. The number of nitrogens with one attached hydrogen (secondary N) is 1. The van der Waals surface area contributed by atoms with E-state index in [1.54, 1.807) is 36.4 Å². The Morgan fingerprint density at radius 2 is 1.77 bits per heavy atom. The van der Waals surface area contributed by atoms with Gasteiger partial charge in [0.1, 0.15) is 0 Å². The molecule has 0 spiro atoms. The average Bonchev–Trinajstić information content (AvgIpc) is 2.49. The van der Waals surface area contributed by atoms with Crippen LogP contribution in [0.4, 0.5) is 5.69 Å². The highest BCUT2D eigenvalue weighted by atomic mass is 32.2. The first-order chi connectivity index (χ1) is 10.3. The third-order valence-electron chi connectivity index (χ3n) is 3.32. The van der Waals surface area contributed by atoms with E-state index in [4.69, 9.17) is 0 Å². The zero-order valence-electron chi connectivity index (χ0n) is 12.6.